The maximum Gasteiger partial charge on any atom is 0.160 e. The predicted molar refractivity (Wildman–Crippen MR) is 92.6 cm³/mol. The molecule has 0 radical (unpaired) electrons. The van der Waals surface area contributed by atoms with E-state index in [4.69, 9.17) is 17.2 Å². The second-order valence-electron chi connectivity index (χ2n) is 5.06. The summed E-state index contributed by atoms with van der Waals surface area (Å²) >= 11 is 8.90. The van der Waals surface area contributed by atoms with Crippen molar-refractivity contribution < 1.29 is 0 Å². The zero-order chi connectivity index (χ0) is 14.9. The number of nitrogens with one attached hydrogen (secondary N) is 1. The van der Waals surface area contributed by atoms with Gasteiger partial charge in [-0.25, -0.2) is 0 Å². The van der Waals surface area contributed by atoms with Gasteiger partial charge in [0.05, 0.1) is 5.71 Å². The van der Waals surface area contributed by atoms with Gasteiger partial charge in [0.15, 0.2) is 5.66 Å². The number of aromatic nitrogens is 1. The van der Waals surface area contributed by atoms with E-state index in [-0.39, 0.29) is 0 Å². The van der Waals surface area contributed by atoms with Crippen molar-refractivity contribution in [3.05, 3.63) is 64.4 Å². The van der Waals surface area contributed by atoms with Crippen LogP contribution in [0.1, 0.15) is 18.1 Å². The van der Waals surface area contributed by atoms with Gasteiger partial charge in [0.1, 0.15) is 4.99 Å². The van der Waals surface area contributed by atoms with Crippen LogP contribution in [0.5, 0.6) is 0 Å². The first-order valence-electron chi connectivity index (χ1n) is 6.63. The number of aliphatic imine (C=N–C) groups is 1. The molecule has 1 unspecified atom stereocenters. The Morgan fingerprint density at radius 3 is 2.76 bits per heavy atom. The Kier molecular flexibility index (Phi) is 3.87. The lowest BCUT2D eigenvalue weighted by Crippen LogP contribution is -2.41. The second-order valence-corrected chi connectivity index (χ2v) is 6.38. The number of rotatable bonds is 3. The fourth-order valence-corrected chi connectivity index (χ4v) is 3.12. The lowest BCUT2D eigenvalue weighted by molar-refractivity contribution is 0.426. The molecule has 1 aromatic carbocycles. The molecule has 0 fully saturated rings. The summed E-state index contributed by atoms with van der Waals surface area (Å²) in [6.45, 7) is 1.94. The zero-order valence-electron chi connectivity index (χ0n) is 11.5. The molecule has 106 valence electrons. The topological polar surface area (TPSA) is 37.3 Å². The molecule has 1 aliphatic heterocycles. The van der Waals surface area contributed by atoms with Gasteiger partial charge in [-0.15, -0.1) is 0 Å². The van der Waals surface area contributed by atoms with Crippen LogP contribution in [0, 0.1) is 0 Å². The van der Waals surface area contributed by atoms with E-state index in [9.17, 15) is 0 Å². The van der Waals surface area contributed by atoms with E-state index in [2.05, 4.69) is 44.4 Å². The van der Waals surface area contributed by atoms with Crippen LogP contribution in [0.25, 0.3) is 0 Å². The van der Waals surface area contributed by atoms with E-state index in [0.29, 0.717) is 11.4 Å². The van der Waals surface area contributed by atoms with Crippen LogP contribution in [0.4, 0.5) is 0 Å². The highest BCUT2D eigenvalue weighted by Gasteiger charge is 2.38. The third-order valence-corrected chi connectivity index (χ3v) is 4.38. The molecule has 0 bridgehead atoms. The first-order chi connectivity index (χ1) is 10.1. The average Bonchev–Trinajstić information content (AvgIpc) is 2.76. The van der Waals surface area contributed by atoms with Crippen molar-refractivity contribution in [2.24, 2.45) is 4.99 Å². The minimum Gasteiger partial charge on any atom is -0.347 e. The highest BCUT2D eigenvalue weighted by Crippen LogP contribution is 2.32. The number of hydrogen-bond donors (Lipinski definition) is 1. The summed E-state index contributed by atoms with van der Waals surface area (Å²) in [5, 5.41) is 3.39. The van der Waals surface area contributed by atoms with Crippen LogP contribution in [-0.2, 0) is 12.1 Å². The van der Waals surface area contributed by atoms with Gasteiger partial charge in [0.2, 0.25) is 0 Å². The summed E-state index contributed by atoms with van der Waals surface area (Å²) in [5.41, 5.74) is 2.52. The molecule has 3 rings (SSSR count). The molecule has 1 atom stereocenters. The molecule has 1 N–H and O–H groups in total. The number of thiocarbonyl (C=S) groups is 1. The highest BCUT2D eigenvalue weighted by molar-refractivity contribution is 9.10. The Morgan fingerprint density at radius 2 is 2.14 bits per heavy atom. The fourth-order valence-electron chi connectivity index (χ4n) is 2.51. The van der Waals surface area contributed by atoms with Gasteiger partial charge >= 0.3 is 0 Å². The Morgan fingerprint density at radius 1 is 1.29 bits per heavy atom. The molecule has 0 aliphatic carbocycles. The molecule has 1 aliphatic rings. The monoisotopic (exact) mass is 359 g/mol. The first-order valence-corrected chi connectivity index (χ1v) is 7.83. The van der Waals surface area contributed by atoms with Crippen molar-refractivity contribution in [1.82, 2.24) is 10.3 Å². The molecule has 0 spiro atoms. The van der Waals surface area contributed by atoms with Crippen LogP contribution in [0.3, 0.4) is 0 Å². The molecule has 5 heteroatoms. The molecule has 21 heavy (non-hydrogen) atoms. The van der Waals surface area contributed by atoms with Crippen molar-refractivity contribution in [1.29, 1.82) is 0 Å². The molecule has 0 amide bonds. The molecular formula is C16H14BrN3S. The Hall–Kier alpha value is -1.59. The van der Waals surface area contributed by atoms with Crippen LogP contribution >= 0.6 is 28.1 Å². The van der Waals surface area contributed by atoms with E-state index in [0.717, 1.165) is 21.3 Å². The van der Waals surface area contributed by atoms with Gasteiger partial charge in [-0.1, -0.05) is 46.3 Å². The summed E-state index contributed by atoms with van der Waals surface area (Å²) in [4.78, 5) is 9.72. The smallest absolute Gasteiger partial charge is 0.160 e. The number of pyridine rings is 1. The SMILES string of the molecule is CC1=NC(Cc2cccnc2)(c2cccc(Br)c2)NC1=S. The lowest BCUT2D eigenvalue weighted by Gasteiger charge is -2.28. The molecule has 2 aromatic rings. The van der Waals surface area contributed by atoms with Gasteiger partial charge in [-0.3, -0.25) is 9.98 Å². The normalized spacial score (nSPS) is 21.0. The number of nitrogens with zero attached hydrogens (tertiary/aromatic N) is 2. The van der Waals surface area contributed by atoms with E-state index in [1.165, 1.54) is 0 Å². The fraction of sp³-hybridized carbons (Fsp3) is 0.188. The summed E-state index contributed by atoms with van der Waals surface area (Å²) in [6.07, 6.45) is 4.35. The van der Waals surface area contributed by atoms with Crippen molar-refractivity contribution in [2.45, 2.75) is 19.0 Å². The summed E-state index contributed by atoms with van der Waals surface area (Å²) in [5.74, 6) is 0. The Balaban J connectivity index is 2.07. The standard InChI is InChI=1S/C16H14BrN3S/c1-11-15(21)20-16(19-11,9-12-4-3-7-18-10-12)13-5-2-6-14(17)8-13/h2-8,10H,9H2,1H3,(H,20,21). The van der Waals surface area contributed by atoms with Gasteiger partial charge in [0, 0.05) is 28.9 Å². The van der Waals surface area contributed by atoms with E-state index >= 15 is 0 Å². The summed E-state index contributed by atoms with van der Waals surface area (Å²) < 4.78 is 1.03. The van der Waals surface area contributed by atoms with Gasteiger partial charge in [-0.2, -0.15) is 0 Å². The van der Waals surface area contributed by atoms with Crippen LogP contribution in [-0.4, -0.2) is 15.7 Å². The van der Waals surface area contributed by atoms with Crippen molar-refractivity contribution in [2.75, 3.05) is 0 Å². The molecular weight excluding hydrogens is 346 g/mol. The Labute approximate surface area is 137 Å². The van der Waals surface area contributed by atoms with Crippen molar-refractivity contribution >= 4 is 38.8 Å². The Bertz CT molecular complexity index is 714. The average molecular weight is 360 g/mol. The highest BCUT2D eigenvalue weighted by atomic mass is 79.9. The van der Waals surface area contributed by atoms with E-state index in [1.54, 1.807) is 6.20 Å². The first kappa shape index (κ1) is 14.4. The maximum atomic E-state index is 5.37. The van der Waals surface area contributed by atoms with Crippen LogP contribution in [0.2, 0.25) is 0 Å². The van der Waals surface area contributed by atoms with E-state index < -0.39 is 5.66 Å². The van der Waals surface area contributed by atoms with Crippen molar-refractivity contribution in [3.63, 3.8) is 0 Å². The molecule has 2 heterocycles. The largest absolute Gasteiger partial charge is 0.347 e. The maximum absolute atomic E-state index is 5.37. The number of benzene rings is 1. The lowest BCUT2D eigenvalue weighted by atomic mass is 9.93. The van der Waals surface area contributed by atoms with Crippen LogP contribution < -0.4 is 5.32 Å². The van der Waals surface area contributed by atoms with Crippen LogP contribution in [0.15, 0.2) is 58.3 Å². The second kappa shape index (κ2) is 5.66. The van der Waals surface area contributed by atoms with E-state index in [1.807, 2.05) is 31.3 Å². The number of halogens is 1. The zero-order valence-corrected chi connectivity index (χ0v) is 13.9. The summed E-state index contributed by atoms with van der Waals surface area (Å²) in [7, 11) is 0. The third-order valence-electron chi connectivity index (χ3n) is 3.49. The molecule has 1 aromatic heterocycles. The van der Waals surface area contributed by atoms with Gasteiger partial charge < -0.3 is 5.32 Å². The predicted octanol–water partition coefficient (Wildman–Crippen LogP) is 3.63. The summed E-state index contributed by atoms with van der Waals surface area (Å²) in [6, 6.07) is 12.2. The minimum atomic E-state index is -0.548. The van der Waals surface area contributed by atoms with Gasteiger partial charge in [-0.05, 0) is 30.7 Å². The third kappa shape index (κ3) is 2.89. The number of hydrogen-bond acceptors (Lipinski definition) is 3. The van der Waals surface area contributed by atoms with Gasteiger partial charge in [0.25, 0.3) is 0 Å². The quantitative estimate of drug-likeness (QED) is 0.850. The molecule has 3 nitrogen and oxygen atoms in total. The van der Waals surface area contributed by atoms with Crippen molar-refractivity contribution in [3.8, 4) is 0 Å². The molecule has 0 saturated heterocycles. The minimum absolute atomic E-state index is 0.548. The molecule has 0 saturated carbocycles.